The minimum Gasteiger partial charge on any atom is -0.465 e. The minimum absolute atomic E-state index is 0.120. The summed E-state index contributed by atoms with van der Waals surface area (Å²) in [5, 5.41) is 0. The maximum absolute atomic E-state index is 11.7. The SMILES string of the molecule is CCCCCCCCOC(=O)CC(=O)OC(C)CCCCCCCC. The molecule has 0 aliphatic heterocycles. The molecule has 0 fully saturated rings. The van der Waals surface area contributed by atoms with Crippen LogP contribution in [0.1, 0.15) is 111 Å². The van der Waals surface area contributed by atoms with Crippen LogP contribution < -0.4 is 0 Å². The highest BCUT2D eigenvalue weighted by Gasteiger charge is 2.15. The molecule has 0 radical (unpaired) electrons. The molecule has 0 spiro atoms. The summed E-state index contributed by atoms with van der Waals surface area (Å²) in [6.45, 7) is 6.70. The van der Waals surface area contributed by atoms with E-state index in [1.807, 2.05) is 6.92 Å². The van der Waals surface area contributed by atoms with Gasteiger partial charge in [0.05, 0.1) is 12.7 Å². The molecule has 4 nitrogen and oxygen atoms in total. The van der Waals surface area contributed by atoms with Crippen LogP contribution in [-0.4, -0.2) is 24.6 Å². The van der Waals surface area contributed by atoms with Crippen molar-refractivity contribution in [2.24, 2.45) is 0 Å². The van der Waals surface area contributed by atoms with Crippen molar-refractivity contribution in [2.75, 3.05) is 6.61 Å². The monoisotopic (exact) mass is 356 g/mol. The molecule has 148 valence electrons. The summed E-state index contributed by atoms with van der Waals surface area (Å²) in [7, 11) is 0. The van der Waals surface area contributed by atoms with Gasteiger partial charge in [-0.15, -0.1) is 0 Å². The zero-order valence-corrected chi connectivity index (χ0v) is 16.8. The van der Waals surface area contributed by atoms with Crippen LogP contribution in [0.25, 0.3) is 0 Å². The number of esters is 2. The summed E-state index contributed by atoms with van der Waals surface area (Å²) >= 11 is 0. The summed E-state index contributed by atoms with van der Waals surface area (Å²) in [6.07, 6.45) is 14.7. The van der Waals surface area contributed by atoms with E-state index in [1.165, 1.54) is 57.8 Å². The first kappa shape index (κ1) is 23.9. The number of carbonyl (C=O) groups excluding carboxylic acids is 2. The van der Waals surface area contributed by atoms with E-state index in [9.17, 15) is 9.59 Å². The molecule has 0 saturated carbocycles. The summed E-state index contributed by atoms with van der Waals surface area (Å²) < 4.78 is 10.4. The van der Waals surface area contributed by atoms with Gasteiger partial charge in [-0.25, -0.2) is 0 Å². The van der Waals surface area contributed by atoms with Crippen LogP contribution >= 0.6 is 0 Å². The highest BCUT2D eigenvalue weighted by atomic mass is 16.6. The van der Waals surface area contributed by atoms with Gasteiger partial charge in [-0.2, -0.15) is 0 Å². The third kappa shape index (κ3) is 17.6. The number of unbranched alkanes of at least 4 members (excludes halogenated alkanes) is 10. The molecule has 0 aromatic carbocycles. The molecule has 0 saturated heterocycles. The highest BCUT2D eigenvalue weighted by Crippen LogP contribution is 2.11. The van der Waals surface area contributed by atoms with Gasteiger partial charge >= 0.3 is 11.9 Å². The van der Waals surface area contributed by atoms with Gasteiger partial charge in [-0.05, 0) is 26.2 Å². The Bertz CT molecular complexity index is 328. The topological polar surface area (TPSA) is 52.6 Å². The molecule has 25 heavy (non-hydrogen) atoms. The summed E-state index contributed by atoms with van der Waals surface area (Å²) in [5.41, 5.74) is 0. The second-order valence-electron chi connectivity index (χ2n) is 7.02. The van der Waals surface area contributed by atoms with E-state index < -0.39 is 11.9 Å². The Morgan fingerprint density at radius 2 is 1.24 bits per heavy atom. The van der Waals surface area contributed by atoms with Gasteiger partial charge in [0.2, 0.25) is 0 Å². The largest absolute Gasteiger partial charge is 0.465 e. The zero-order valence-electron chi connectivity index (χ0n) is 16.8. The third-order valence-corrected chi connectivity index (χ3v) is 4.35. The van der Waals surface area contributed by atoms with E-state index in [0.717, 1.165) is 25.7 Å². The van der Waals surface area contributed by atoms with Crippen molar-refractivity contribution >= 4 is 11.9 Å². The Morgan fingerprint density at radius 1 is 0.720 bits per heavy atom. The molecular formula is C21H40O4. The molecule has 0 heterocycles. The third-order valence-electron chi connectivity index (χ3n) is 4.35. The van der Waals surface area contributed by atoms with Crippen molar-refractivity contribution in [2.45, 2.75) is 117 Å². The lowest BCUT2D eigenvalue weighted by molar-refractivity contribution is -0.157. The standard InChI is InChI=1S/C21H40O4/c1-4-6-8-10-12-14-16-19(3)25-21(23)18-20(22)24-17-15-13-11-9-7-5-2/h19H,4-18H2,1-3H3. The molecule has 0 aromatic heterocycles. The van der Waals surface area contributed by atoms with Crippen molar-refractivity contribution in [3.63, 3.8) is 0 Å². The number of hydrogen-bond donors (Lipinski definition) is 0. The molecule has 0 amide bonds. The van der Waals surface area contributed by atoms with Gasteiger partial charge < -0.3 is 9.47 Å². The van der Waals surface area contributed by atoms with Gasteiger partial charge in [0, 0.05) is 0 Å². The van der Waals surface area contributed by atoms with Crippen LogP contribution in [0.3, 0.4) is 0 Å². The van der Waals surface area contributed by atoms with E-state index in [0.29, 0.717) is 6.61 Å². The van der Waals surface area contributed by atoms with Gasteiger partial charge in [-0.3, -0.25) is 9.59 Å². The van der Waals surface area contributed by atoms with Gasteiger partial charge in [-0.1, -0.05) is 78.1 Å². The summed E-state index contributed by atoms with van der Waals surface area (Å²) in [6, 6.07) is 0. The maximum atomic E-state index is 11.7. The van der Waals surface area contributed by atoms with Gasteiger partial charge in [0.25, 0.3) is 0 Å². The van der Waals surface area contributed by atoms with Crippen LogP contribution in [0.5, 0.6) is 0 Å². The molecule has 1 atom stereocenters. The summed E-state index contributed by atoms with van der Waals surface area (Å²) in [5.74, 6) is -0.934. The first-order valence-corrected chi connectivity index (χ1v) is 10.4. The lowest BCUT2D eigenvalue weighted by atomic mass is 10.1. The fourth-order valence-corrected chi connectivity index (χ4v) is 2.77. The van der Waals surface area contributed by atoms with Crippen molar-refractivity contribution in [3.05, 3.63) is 0 Å². The second kappa shape index (κ2) is 17.8. The smallest absolute Gasteiger partial charge is 0.317 e. The van der Waals surface area contributed by atoms with E-state index in [1.54, 1.807) is 0 Å². The van der Waals surface area contributed by atoms with E-state index in [-0.39, 0.29) is 12.5 Å². The highest BCUT2D eigenvalue weighted by molar-refractivity contribution is 5.91. The van der Waals surface area contributed by atoms with Crippen LogP contribution in [0.4, 0.5) is 0 Å². The van der Waals surface area contributed by atoms with Crippen LogP contribution in [0.2, 0.25) is 0 Å². The number of ether oxygens (including phenoxy) is 2. The van der Waals surface area contributed by atoms with E-state index in [4.69, 9.17) is 9.47 Å². The summed E-state index contributed by atoms with van der Waals surface area (Å²) in [4.78, 5) is 23.3. The predicted octanol–water partition coefficient (Wildman–Crippen LogP) is 5.96. The lowest BCUT2D eigenvalue weighted by Crippen LogP contribution is -2.19. The van der Waals surface area contributed by atoms with Gasteiger partial charge in [0.15, 0.2) is 0 Å². The normalized spacial score (nSPS) is 12.0. The molecule has 0 rings (SSSR count). The van der Waals surface area contributed by atoms with Crippen molar-refractivity contribution in [3.8, 4) is 0 Å². The average molecular weight is 357 g/mol. The van der Waals surface area contributed by atoms with E-state index in [2.05, 4.69) is 13.8 Å². The first-order valence-electron chi connectivity index (χ1n) is 10.4. The molecule has 0 bridgehead atoms. The van der Waals surface area contributed by atoms with E-state index >= 15 is 0 Å². The Kier molecular flexibility index (Phi) is 17.0. The van der Waals surface area contributed by atoms with Crippen molar-refractivity contribution in [1.29, 1.82) is 0 Å². The fourth-order valence-electron chi connectivity index (χ4n) is 2.77. The molecule has 4 heteroatoms. The number of rotatable bonds is 17. The van der Waals surface area contributed by atoms with Crippen molar-refractivity contribution in [1.82, 2.24) is 0 Å². The van der Waals surface area contributed by atoms with Crippen LogP contribution in [0, 0.1) is 0 Å². The van der Waals surface area contributed by atoms with Crippen LogP contribution in [0.15, 0.2) is 0 Å². The fraction of sp³-hybridized carbons (Fsp3) is 0.905. The second-order valence-corrected chi connectivity index (χ2v) is 7.02. The quantitative estimate of drug-likeness (QED) is 0.183. The Balaban J connectivity index is 3.54. The van der Waals surface area contributed by atoms with Crippen molar-refractivity contribution < 1.29 is 19.1 Å². The Labute approximate surface area is 155 Å². The molecule has 0 N–H and O–H groups in total. The molecular weight excluding hydrogens is 316 g/mol. The zero-order chi connectivity index (χ0) is 18.8. The first-order chi connectivity index (χ1) is 12.1. The Morgan fingerprint density at radius 3 is 1.84 bits per heavy atom. The minimum atomic E-state index is -0.467. The Hall–Kier alpha value is -1.06. The maximum Gasteiger partial charge on any atom is 0.317 e. The average Bonchev–Trinajstić information content (AvgIpc) is 2.57. The number of carbonyl (C=O) groups is 2. The molecule has 0 aliphatic carbocycles. The predicted molar refractivity (Wildman–Crippen MR) is 102 cm³/mol. The molecule has 0 aliphatic rings. The molecule has 1 unspecified atom stereocenters. The number of hydrogen-bond acceptors (Lipinski definition) is 4. The molecule has 0 aromatic rings. The lowest BCUT2D eigenvalue weighted by Gasteiger charge is -2.13. The van der Waals surface area contributed by atoms with Gasteiger partial charge in [0.1, 0.15) is 6.42 Å². The van der Waals surface area contributed by atoms with Crippen LogP contribution in [-0.2, 0) is 19.1 Å².